The molecule has 0 N–H and O–H groups in total. The van der Waals surface area contributed by atoms with Crippen LogP contribution in [0.15, 0.2) is 24.3 Å². The average molecular weight is 265 g/mol. The highest BCUT2D eigenvalue weighted by Gasteiger charge is 2.17. The molecule has 6 nitrogen and oxygen atoms in total. The van der Waals surface area contributed by atoms with Gasteiger partial charge in [-0.05, 0) is 30.9 Å². The first-order valence-corrected chi connectivity index (χ1v) is 6.24. The number of carbonyl (C=O) groups excluding carboxylic acids is 1. The van der Waals surface area contributed by atoms with Crippen molar-refractivity contribution in [1.29, 1.82) is 0 Å². The molecule has 2 rings (SSSR count). The van der Waals surface area contributed by atoms with Crippen molar-refractivity contribution in [3.8, 4) is 5.75 Å². The molecule has 102 valence electrons. The third-order valence-corrected chi connectivity index (χ3v) is 3.16. The van der Waals surface area contributed by atoms with Crippen molar-refractivity contribution in [2.75, 3.05) is 6.61 Å². The molecule has 1 aliphatic rings. The lowest BCUT2D eigenvalue weighted by atomic mass is 10.1. The lowest BCUT2D eigenvalue weighted by Crippen LogP contribution is -2.15. The number of non-ortho nitro benzene ring substituents is 1. The predicted octanol–water partition coefficient (Wildman–Crippen LogP) is 3.30. The molecule has 0 aromatic heterocycles. The fourth-order valence-electron chi connectivity index (χ4n) is 2.12. The summed E-state index contributed by atoms with van der Waals surface area (Å²) in [4.78, 5) is 21.4. The minimum Gasteiger partial charge on any atom is -0.434 e. The average Bonchev–Trinajstić information content (AvgIpc) is 2.90. The molecule has 1 aromatic rings. The second-order valence-corrected chi connectivity index (χ2v) is 4.56. The summed E-state index contributed by atoms with van der Waals surface area (Å²) >= 11 is 0. The highest BCUT2D eigenvalue weighted by molar-refractivity contribution is 5.63. The Labute approximate surface area is 110 Å². The fourth-order valence-corrected chi connectivity index (χ4v) is 2.12. The van der Waals surface area contributed by atoms with Gasteiger partial charge in [-0.3, -0.25) is 10.1 Å². The summed E-state index contributed by atoms with van der Waals surface area (Å²) in [6.07, 6.45) is 3.78. The van der Waals surface area contributed by atoms with Gasteiger partial charge in [-0.1, -0.05) is 12.8 Å². The lowest BCUT2D eigenvalue weighted by Gasteiger charge is -2.09. The van der Waals surface area contributed by atoms with Crippen LogP contribution in [0.3, 0.4) is 0 Å². The molecular weight excluding hydrogens is 250 g/mol. The maximum Gasteiger partial charge on any atom is 0.513 e. The number of benzene rings is 1. The smallest absolute Gasteiger partial charge is 0.434 e. The van der Waals surface area contributed by atoms with Crippen LogP contribution in [0, 0.1) is 16.0 Å². The Hall–Kier alpha value is -2.11. The minimum absolute atomic E-state index is 0.0494. The highest BCUT2D eigenvalue weighted by atomic mass is 16.7. The van der Waals surface area contributed by atoms with E-state index in [1.807, 2.05) is 0 Å². The van der Waals surface area contributed by atoms with Crippen LogP contribution in [0.2, 0.25) is 0 Å². The van der Waals surface area contributed by atoms with Crippen molar-refractivity contribution in [2.24, 2.45) is 5.92 Å². The number of hydrogen-bond donors (Lipinski definition) is 0. The molecule has 1 saturated carbocycles. The second kappa shape index (κ2) is 6.17. The van der Waals surface area contributed by atoms with E-state index in [4.69, 9.17) is 9.47 Å². The lowest BCUT2D eigenvalue weighted by molar-refractivity contribution is -0.384. The van der Waals surface area contributed by atoms with Crippen LogP contribution in [0.5, 0.6) is 5.75 Å². The number of nitrogens with zero attached hydrogens (tertiary/aromatic N) is 1. The van der Waals surface area contributed by atoms with E-state index >= 15 is 0 Å². The number of nitro groups is 1. The first kappa shape index (κ1) is 13.3. The summed E-state index contributed by atoms with van der Waals surface area (Å²) in [6.45, 7) is 0.381. The Morgan fingerprint density at radius 2 is 1.89 bits per heavy atom. The van der Waals surface area contributed by atoms with Gasteiger partial charge in [0.15, 0.2) is 0 Å². The molecule has 1 fully saturated rings. The molecule has 0 bridgehead atoms. The zero-order chi connectivity index (χ0) is 13.7. The summed E-state index contributed by atoms with van der Waals surface area (Å²) in [5.41, 5.74) is -0.0494. The number of nitro benzene ring substituents is 1. The first-order chi connectivity index (χ1) is 9.15. The van der Waals surface area contributed by atoms with E-state index in [0.717, 1.165) is 12.8 Å². The Balaban J connectivity index is 1.79. The van der Waals surface area contributed by atoms with Crippen molar-refractivity contribution < 1.29 is 19.2 Å². The second-order valence-electron chi connectivity index (χ2n) is 4.56. The quantitative estimate of drug-likeness (QED) is 0.361. The molecule has 0 heterocycles. The van der Waals surface area contributed by atoms with E-state index in [1.165, 1.54) is 37.1 Å². The molecule has 1 aliphatic carbocycles. The van der Waals surface area contributed by atoms with Gasteiger partial charge in [-0.15, -0.1) is 0 Å². The van der Waals surface area contributed by atoms with Crippen LogP contribution < -0.4 is 4.74 Å². The van der Waals surface area contributed by atoms with Gasteiger partial charge in [0.1, 0.15) is 5.75 Å². The van der Waals surface area contributed by atoms with Crippen molar-refractivity contribution in [3.05, 3.63) is 34.4 Å². The normalized spacial score (nSPS) is 15.2. The zero-order valence-electron chi connectivity index (χ0n) is 10.4. The third-order valence-electron chi connectivity index (χ3n) is 3.16. The number of rotatable bonds is 4. The van der Waals surface area contributed by atoms with E-state index < -0.39 is 11.1 Å². The summed E-state index contributed by atoms with van der Waals surface area (Å²) in [7, 11) is 0. The van der Waals surface area contributed by atoms with Gasteiger partial charge in [0.05, 0.1) is 11.5 Å². The topological polar surface area (TPSA) is 78.7 Å². The van der Waals surface area contributed by atoms with Crippen LogP contribution in [0.1, 0.15) is 25.7 Å². The fraction of sp³-hybridized carbons (Fsp3) is 0.462. The summed E-state index contributed by atoms with van der Waals surface area (Å²) < 4.78 is 9.94. The summed E-state index contributed by atoms with van der Waals surface area (Å²) in [5, 5.41) is 10.5. The number of hydrogen-bond acceptors (Lipinski definition) is 5. The maximum absolute atomic E-state index is 11.4. The molecule has 0 spiro atoms. The minimum atomic E-state index is -0.763. The SMILES string of the molecule is O=C(OCC1CCCC1)Oc1ccc([N+](=O)[O-])cc1. The van der Waals surface area contributed by atoms with Crippen LogP contribution in [0.25, 0.3) is 0 Å². The van der Waals surface area contributed by atoms with Gasteiger partial charge in [-0.2, -0.15) is 0 Å². The van der Waals surface area contributed by atoms with E-state index in [2.05, 4.69) is 0 Å². The Morgan fingerprint density at radius 3 is 2.47 bits per heavy atom. The van der Waals surface area contributed by atoms with Crippen LogP contribution in [-0.2, 0) is 4.74 Å². The summed E-state index contributed by atoms with van der Waals surface area (Å²) in [5.74, 6) is 0.673. The van der Waals surface area contributed by atoms with Gasteiger partial charge in [0, 0.05) is 12.1 Å². The molecule has 0 radical (unpaired) electrons. The van der Waals surface area contributed by atoms with Crippen molar-refractivity contribution in [3.63, 3.8) is 0 Å². The van der Waals surface area contributed by atoms with Crippen molar-refractivity contribution >= 4 is 11.8 Å². The zero-order valence-corrected chi connectivity index (χ0v) is 10.4. The van der Waals surface area contributed by atoms with Gasteiger partial charge in [-0.25, -0.2) is 4.79 Å². The molecule has 0 atom stereocenters. The van der Waals surface area contributed by atoms with E-state index in [9.17, 15) is 14.9 Å². The molecule has 0 aliphatic heterocycles. The molecule has 19 heavy (non-hydrogen) atoms. The Bertz CT molecular complexity index is 451. The largest absolute Gasteiger partial charge is 0.513 e. The molecule has 1 aromatic carbocycles. The monoisotopic (exact) mass is 265 g/mol. The maximum atomic E-state index is 11.4. The third kappa shape index (κ3) is 3.94. The van der Waals surface area contributed by atoms with Crippen LogP contribution >= 0.6 is 0 Å². The van der Waals surface area contributed by atoms with Crippen molar-refractivity contribution in [2.45, 2.75) is 25.7 Å². The molecule has 0 amide bonds. The molecular formula is C13H15NO5. The molecule has 0 saturated heterocycles. The van der Waals surface area contributed by atoms with Crippen LogP contribution in [0.4, 0.5) is 10.5 Å². The number of ether oxygens (including phenoxy) is 2. The van der Waals surface area contributed by atoms with Crippen LogP contribution in [-0.4, -0.2) is 17.7 Å². The standard InChI is InChI=1S/C13H15NO5/c15-13(18-9-10-3-1-2-4-10)19-12-7-5-11(6-8-12)14(16)17/h5-8,10H,1-4,9H2. The van der Waals surface area contributed by atoms with E-state index in [-0.39, 0.29) is 11.4 Å². The predicted molar refractivity (Wildman–Crippen MR) is 67.0 cm³/mol. The highest BCUT2D eigenvalue weighted by Crippen LogP contribution is 2.25. The Morgan fingerprint density at radius 1 is 1.26 bits per heavy atom. The van der Waals surface area contributed by atoms with E-state index in [0.29, 0.717) is 12.5 Å². The Kier molecular flexibility index (Phi) is 4.33. The first-order valence-electron chi connectivity index (χ1n) is 6.24. The summed E-state index contributed by atoms with van der Waals surface area (Å²) in [6, 6.07) is 5.29. The van der Waals surface area contributed by atoms with Gasteiger partial charge in [0.25, 0.3) is 5.69 Å². The van der Waals surface area contributed by atoms with Gasteiger partial charge >= 0.3 is 6.16 Å². The van der Waals surface area contributed by atoms with Crippen molar-refractivity contribution in [1.82, 2.24) is 0 Å². The number of carbonyl (C=O) groups is 1. The van der Waals surface area contributed by atoms with E-state index in [1.54, 1.807) is 0 Å². The molecule has 0 unspecified atom stereocenters. The van der Waals surface area contributed by atoms with Gasteiger partial charge < -0.3 is 9.47 Å². The van der Waals surface area contributed by atoms with Gasteiger partial charge in [0.2, 0.25) is 0 Å². The molecule has 6 heteroatoms.